The van der Waals surface area contributed by atoms with Crippen LogP contribution in [0.4, 0.5) is 13.2 Å². The summed E-state index contributed by atoms with van der Waals surface area (Å²) >= 11 is 0. The molecule has 0 fully saturated rings. The molecule has 0 unspecified atom stereocenters. The Morgan fingerprint density at radius 1 is 1.35 bits per heavy atom. The number of aryl methyl sites for hydroxylation is 1. The normalized spacial score (nSPS) is 12.2. The minimum Gasteiger partial charge on any atom is -0.275 e. The Hall–Kier alpha value is -2.62. The van der Waals surface area contributed by atoms with E-state index >= 15 is 0 Å². The third kappa shape index (κ3) is 3.03. The molecule has 20 heavy (non-hydrogen) atoms. The lowest BCUT2D eigenvalue weighted by Gasteiger charge is -2.06. The van der Waals surface area contributed by atoms with Crippen LogP contribution in [0, 0.1) is 11.3 Å². The lowest BCUT2D eigenvalue weighted by atomic mass is 10.1. The highest BCUT2D eigenvalue weighted by atomic mass is 19.4. The monoisotopic (exact) mass is 278 g/mol. The van der Waals surface area contributed by atoms with E-state index in [0.29, 0.717) is 11.8 Å². The molecule has 102 valence electrons. The van der Waals surface area contributed by atoms with Gasteiger partial charge in [0.15, 0.2) is 0 Å². The molecule has 0 bridgehead atoms. The molecule has 0 amide bonds. The van der Waals surface area contributed by atoms with Gasteiger partial charge >= 0.3 is 6.18 Å². The second-order valence-electron chi connectivity index (χ2n) is 4.05. The summed E-state index contributed by atoms with van der Waals surface area (Å²) in [6.07, 6.45) is 1.01. The van der Waals surface area contributed by atoms with E-state index in [2.05, 4.69) is 10.1 Å². The Morgan fingerprint density at radius 2 is 2.10 bits per heavy atom. The van der Waals surface area contributed by atoms with Gasteiger partial charge in [0, 0.05) is 25.0 Å². The Bertz CT molecular complexity index is 675. The van der Waals surface area contributed by atoms with E-state index in [9.17, 15) is 13.2 Å². The average molecular weight is 278 g/mol. The summed E-state index contributed by atoms with van der Waals surface area (Å²) in [5.41, 5.74) is 0.182. The highest BCUT2D eigenvalue weighted by Crippen LogP contribution is 2.29. The van der Waals surface area contributed by atoms with Crippen molar-refractivity contribution < 1.29 is 13.2 Å². The van der Waals surface area contributed by atoms with E-state index < -0.39 is 11.7 Å². The molecule has 0 saturated heterocycles. The number of hydrogen-bond acceptors (Lipinski definition) is 3. The highest BCUT2D eigenvalue weighted by Gasteiger charge is 2.30. The molecule has 2 rings (SSSR count). The predicted molar refractivity (Wildman–Crippen MR) is 65.9 cm³/mol. The van der Waals surface area contributed by atoms with Gasteiger partial charge in [0.25, 0.3) is 0 Å². The number of aromatic nitrogens is 3. The fourth-order valence-electron chi connectivity index (χ4n) is 1.57. The summed E-state index contributed by atoms with van der Waals surface area (Å²) in [6, 6.07) is 3.99. The third-order valence-corrected chi connectivity index (χ3v) is 2.52. The van der Waals surface area contributed by atoms with Crippen LogP contribution in [0.15, 0.2) is 30.7 Å². The molecule has 0 aliphatic carbocycles. The minimum atomic E-state index is -4.44. The van der Waals surface area contributed by atoms with E-state index in [1.54, 1.807) is 24.1 Å². The lowest BCUT2D eigenvalue weighted by Crippen LogP contribution is -2.05. The van der Waals surface area contributed by atoms with Crippen LogP contribution in [0.5, 0.6) is 0 Å². The van der Waals surface area contributed by atoms with Crippen LogP contribution in [0.25, 0.3) is 11.6 Å². The van der Waals surface area contributed by atoms with Crippen molar-refractivity contribution in [2.75, 3.05) is 0 Å². The Balaban J connectivity index is 2.34. The summed E-state index contributed by atoms with van der Waals surface area (Å²) < 4.78 is 38.8. The third-order valence-electron chi connectivity index (χ3n) is 2.52. The number of alkyl halides is 3. The average Bonchev–Trinajstić information content (AvgIpc) is 2.81. The molecule has 0 spiro atoms. The molecule has 4 nitrogen and oxygen atoms in total. The summed E-state index contributed by atoms with van der Waals surface area (Å²) in [5.74, 6) is 0. The van der Waals surface area contributed by atoms with Crippen LogP contribution in [0.2, 0.25) is 0 Å². The first-order valence-corrected chi connectivity index (χ1v) is 5.54. The zero-order valence-electron chi connectivity index (χ0n) is 10.4. The number of pyridine rings is 1. The van der Waals surface area contributed by atoms with E-state index in [1.165, 1.54) is 12.1 Å². The van der Waals surface area contributed by atoms with Crippen LogP contribution in [0.1, 0.15) is 16.8 Å². The Morgan fingerprint density at radius 3 is 2.55 bits per heavy atom. The molecule has 0 aromatic carbocycles. The van der Waals surface area contributed by atoms with Crippen molar-refractivity contribution in [1.29, 1.82) is 5.26 Å². The van der Waals surface area contributed by atoms with E-state index in [0.717, 1.165) is 6.07 Å². The largest absolute Gasteiger partial charge is 0.417 e. The van der Waals surface area contributed by atoms with Crippen molar-refractivity contribution in [3.8, 4) is 6.07 Å². The van der Waals surface area contributed by atoms with Crippen LogP contribution < -0.4 is 0 Å². The molecule has 0 atom stereocenters. The van der Waals surface area contributed by atoms with E-state index in [1.807, 2.05) is 6.07 Å². The van der Waals surface area contributed by atoms with Crippen molar-refractivity contribution in [2.45, 2.75) is 6.18 Å². The highest BCUT2D eigenvalue weighted by molar-refractivity contribution is 5.87. The first kappa shape index (κ1) is 13.8. The Labute approximate surface area is 112 Å². The second-order valence-corrected chi connectivity index (χ2v) is 4.05. The standard InChI is InChI=1S/C13H9F3N4/c1-20-8-9(6-19-20)4-10(5-17)12-3-2-11(7-18-12)13(14,15)16/h2-4,6-8H,1H3/b10-4+. The van der Waals surface area contributed by atoms with Crippen LogP contribution in [0.3, 0.4) is 0 Å². The van der Waals surface area contributed by atoms with Crippen LogP contribution in [-0.2, 0) is 13.2 Å². The zero-order valence-corrected chi connectivity index (χ0v) is 10.4. The number of hydrogen-bond donors (Lipinski definition) is 0. The van der Waals surface area contributed by atoms with Crippen molar-refractivity contribution in [3.63, 3.8) is 0 Å². The zero-order chi connectivity index (χ0) is 14.8. The van der Waals surface area contributed by atoms with Gasteiger partial charge in [0.05, 0.1) is 23.0 Å². The lowest BCUT2D eigenvalue weighted by molar-refractivity contribution is -0.137. The molecule has 2 heterocycles. The molecule has 0 N–H and O–H groups in total. The van der Waals surface area contributed by atoms with Crippen molar-refractivity contribution >= 4 is 11.6 Å². The fraction of sp³-hybridized carbons (Fsp3) is 0.154. The van der Waals surface area contributed by atoms with Gasteiger partial charge in [-0.1, -0.05) is 0 Å². The Kier molecular flexibility index (Phi) is 3.57. The van der Waals surface area contributed by atoms with Crippen molar-refractivity contribution in [1.82, 2.24) is 14.8 Å². The molecule has 7 heteroatoms. The smallest absolute Gasteiger partial charge is 0.275 e. The van der Waals surface area contributed by atoms with Gasteiger partial charge in [-0.2, -0.15) is 23.5 Å². The molecular formula is C13H9F3N4. The van der Waals surface area contributed by atoms with Crippen molar-refractivity contribution in [2.24, 2.45) is 7.05 Å². The topological polar surface area (TPSA) is 54.5 Å². The number of halogens is 3. The number of rotatable bonds is 2. The fourth-order valence-corrected chi connectivity index (χ4v) is 1.57. The van der Waals surface area contributed by atoms with Gasteiger partial charge in [0.1, 0.15) is 6.07 Å². The van der Waals surface area contributed by atoms with Gasteiger partial charge < -0.3 is 0 Å². The molecule has 0 aliphatic rings. The minimum absolute atomic E-state index is 0.173. The number of allylic oxidation sites excluding steroid dienone is 1. The summed E-state index contributed by atoms with van der Waals surface area (Å²) in [5, 5.41) is 13.0. The molecule has 0 aliphatic heterocycles. The molecule has 0 radical (unpaired) electrons. The van der Waals surface area contributed by atoms with E-state index in [4.69, 9.17) is 5.26 Å². The van der Waals surface area contributed by atoms with Gasteiger partial charge in [-0.15, -0.1) is 0 Å². The molecule has 2 aromatic heterocycles. The maximum absolute atomic E-state index is 12.4. The molecule has 0 saturated carbocycles. The molecule has 2 aromatic rings. The second kappa shape index (κ2) is 5.17. The predicted octanol–water partition coefficient (Wildman–Crippen LogP) is 2.90. The van der Waals surface area contributed by atoms with Crippen molar-refractivity contribution in [3.05, 3.63) is 47.5 Å². The summed E-state index contributed by atoms with van der Waals surface area (Å²) in [6.45, 7) is 0. The maximum atomic E-state index is 12.4. The first-order chi connectivity index (χ1) is 9.40. The number of nitrogens with zero attached hydrogens (tertiary/aromatic N) is 4. The molecular weight excluding hydrogens is 269 g/mol. The first-order valence-electron chi connectivity index (χ1n) is 5.54. The quantitative estimate of drug-likeness (QED) is 0.794. The maximum Gasteiger partial charge on any atom is 0.417 e. The van der Waals surface area contributed by atoms with Gasteiger partial charge in [0.2, 0.25) is 0 Å². The number of nitriles is 1. The van der Waals surface area contributed by atoms with Gasteiger partial charge in [-0.25, -0.2) is 0 Å². The summed E-state index contributed by atoms with van der Waals surface area (Å²) in [4.78, 5) is 3.68. The SMILES string of the molecule is Cn1cc(/C=C(\C#N)c2ccc(C(F)(F)F)cn2)cn1. The van der Waals surface area contributed by atoms with Gasteiger partial charge in [-0.05, 0) is 18.2 Å². The van der Waals surface area contributed by atoms with Crippen LogP contribution >= 0.6 is 0 Å². The van der Waals surface area contributed by atoms with Gasteiger partial charge in [-0.3, -0.25) is 9.67 Å². The van der Waals surface area contributed by atoms with Crippen LogP contribution in [-0.4, -0.2) is 14.8 Å². The summed E-state index contributed by atoms with van der Waals surface area (Å²) in [7, 11) is 1.72. The van der Waals surface area contributed by atoms with E-state index in [-0.39, 0.29) is 11.3 Å².